The van der Waals surface area contributed by atoms with E-state index in [1.807, 2.05) is 12.3 Å². The van der Waals surface area contributed by atoms with E-state index in [1.54, 1.807) is 0 Å². The highest BCUT2D eigenvalue weighted by Crippen LogP contribution is 2.55. The Morgan fingerprint density at radius 3 is 2.16 bits per heavy atom. The number of pyridine rings is 2. The minimum absolute atomic E-state index is 0.107. The summed E-state index contributed by atoms with van der Waals surface area (Å²) in [5.41, 5.74) is 13.5. The third-order valence-corrected chi connectivity index (χ3v) is 13.3. The van der Waals surface area contributed by atoms with Crippen molar-refractivity contribution < 1.29 is 4.74 Å². The monoisotopic (exact) mass is 735 g/mol. The van der Waals surface area contributed by atoms with Gasteiger partial charge in [0.1, 0.15) is 23.0 Å². The van der Waals surface area contributed by atoms with Crippen LogP contribution >= 0.6 is 0 Å². The van der Waals surface area contributed by atoms with Gasteiger partial charge in [0.2, 0.25) is 0 Å². The summed E-state index contributed by atoms with van der Waals surface area (Å²) < 4.78 is 9.34. The van der Waals surface area contributed by atoms with Crippen LogP contribution in [0, 0.1) is 0 Å². The van der Waals surface area contributed by atoms with E-state index < -0.39 is 0 Å². The van der Waals surface area contributed by atoms with Gasteiger partial charge in [-0.05, 0) is 76.6 Å². The summed E-state index contributed by atoms with van der Waals surface area (Å²) in [4.78, 5) is 15.3. The topological polar surface area (TPSA) is 45.9 Å². The zero-order valence-electron chi connectivity index (χ0n) is 32.2. The largest absolute Gasteiger partial charge is 0.457 e. The van der Waals surface area contributed by atoms with E-state index in [4.69, 9.17) is 14.7 Å². The van der Waals surface area contributed by atoms with Crippen LogP contribution in [-0.2, 0) is 10.8 Å². The Morgan fingerprint density at radius 2 is 1.32 bits per heavy atom. The van der Waals surface area contributed by atoms with E-state index in [1.165, 1.54) is 38.6 Å². The summed E-state index contributed by atoms with van der Waals surface area (Å²) in [7, 11) is 0. The van der Waals surface area contributed by atoms with Crippen molar-refractivity contribution in [1.82, 2.24) is 14.4 Å². The van der Waals surface area contributed by atoms with Crippen LogP contribution in [0.1, 0.15) is 39.0 Å². The second-order valence-electron chi connectivity index (χ2n) is 16.7. The number of hydrogen-bond acceptors (Lipinski definition) is 5. The van der Waals surface area contributed by atoms with Crippen LogP contribution in [-0.4, -0.2) is 21.4 Å². The van der Waals surface area contributed by atoms with Crippen molar-refractivity contribution in [2.24, 2.45) is 0 Å². The Hall–Kier alpha value is -6.86. The molecule has 3 aliphatic rings. The molecule has 0 radical (unpaired) electrons. The molecule has 57 heavy (non-hydrogen) atoms. The fourth-order valence-electron chi connectivity index (χ4n) is 9.96. The first-order chi connectivity index (χ1) is 27.8. The van der Waals surface area contributed by atoms with Gasteiger partial charge in [-0.15, -0.1) is 0 Å². The summed E-state index contributed by atoms with van der Waals surface area (Å²) in [6, 6.07) is 54.0. The smallest absolute Gasteiger partial charge is 0.422 e. The predicted molar refractivity (Wildman–Crippen MR) is 234 cm³/mol. The summed E-state index contributed by atoms with van der Waals surface area (Å²) >= 11 is 0. The molecule has 0 spiro atoms. The number of benzene rings is 6. The molecule has 0 fully saturated rings. The van der Waals surface area contributed by atoms with Crippen LogP contribution in [0.2, 0.25) is 0 Å². The number of hydrogen-bond donors (Lipinski definition) is 0. The Balaban J connectivity index is 1.04. The molecular formula is C50H38BN5O. The van der Waals surface area contributed by atoms with Gasteiger partial charge in [0, 0.05) is 50.7 Å². The first-order valence-electron chi connectivity index (χ1n) is 19.8. The standard InChI is InChI=1S/C50H38BN5O/c1-49(2)40-22-13-20-37-35-26-24-33(29-39(35)48-53-44(31-15-7-5-8-16-31)46(50(49,3)4)54(48)45(37)40)57-34-25-27-42-43(30-34)56-47-38(21-14-28-52-47)36-19-11-12-23-41(36)51(56)55(42)32-17-9-6-10-18-32/h5-30H,1-4H3. The van der Waals surface area contributed by atoms with Crippen LogP contribution in [0.15, 0.2) is 158 Å². The molecule has 0 saturated carbocycles. The second kappa shape index (κ2) is 11.4. The lowest BCUT2D eigenvalue weighted by Crippen LogP contribution is -2.55. The fourth-order valence-corrected chi connectivity index (χ4v) is 9.96. The number of anilines is 4. The van der Waals surface area contributed by atoms with Crippen molar-refractivity contribution in [3.8, 4) is 33.9 Å². The first-order valence-corrected chi connectivity index (χ1v) is 19.8. The molecule has 0 amide bonds. The number of aromatic nitrogens is 3. The molecule has 3 aliphatic heterocycles. The highest BCUT2D eigenvalue weighted by molar-refractivity contribution is 6.86. The molecule has 0 saturated heterocycles. The molecule has 6 nitrogen and oxygen atoms in total. The molecule has 3 aromatic heterocycles. The predicted octanol–water partition coefficient (Wildman–Crippen LogP) is 11.7. The summed E-state index contributed by atoms with van der Waals surface area (Å²) in [6.45, 7) is 9.41. The maximum atomic E-state index is 6.88. The van der Waals surface area contributed by atoms with Crippen molar-refractivity contribution >= 4 is 62.6 Å². The molecule has 6 heterocycles. The van der Waals surface area contributed by atoms with Gasteiger partial charge >= 0.3 is 6.98 Å². The maximum absolute atomic E-state index is 6.88. The first kappa shape index (κ1) is 32.4. The van der Waals surface area contributed by atoms with Crippen molar-refractivity contribution in [3.05, 3.63) is 169 Å². The zero-order valence-corrected chi connectivity index (χ0v) is 32.2. The minimum atomic E-state index is -0.209. The van der Waals surface area contributed by atoms with Crippen molar-refractivity contribution in [2.75, 3.05) is 9.62 Å². The van der Waals surface area contributed by atoms with E-state index >= 15 is 0 Å². The Kier molecular flexibility index (Phi) is 6.46. The van der Waals surface area contributed by atoms with E-state index in [9.17, 15) is 0 Å². The SMILES string of the molecule is CC1(C)c2cccc3c4ccc(Oc5ccc6c(c5)N5B(c7ccccc7-c7cccnc75)N6c5ccccc5)cc4c4nc(-c5ccccc5)c(n4c23)C1(C)C. The Bertz CT molecular complexity index is 3140. The maximum Gasteiger partial charge on any atom is 0.422 e. The fraction of sp³-hybridized carbons (Fsp3) is 0.120. The quantitative estimate of drug-likeness (QED) is 0.133. The Morgan fingerprint density at radius 1 is 0.579 bits per heavy atom. The normalized spacial score (nSPS) is 15.5. The van der Waals surface area contributed by atoms with E-state index in [-0.39, 0.29) is 17.8 Å². The average Bonchev–Trinajstić information content (AvgIpc) is 3.82. The van der Waals surface area contributed by atoms with E-state index in [2.05, 4.69) is 187 Å². The number of imidazole rings is 1. The summed E-state index contributed by atoms with van der Waals surface area (Å²) in [6.07, 6.45) is 1.89. The highest BCUT2D eigenvalue weighted by atomic mass is 16.5. The number of para-hydroxylation sites is 2. The van der Waals surface area contributed by atoms with Crippen molar-refractivity contribution in [3.63, 3.8) is 0 Å². The molecule has 6 aromatic carbocycles. The third kappa shape index (κ3) is 4.26. The van der Waals surface area contributed by atoms with Gasteiger partial charge in [-0.3, -0.25) is 4.40 Å². The molecule has 0 atom stereocenters. The number of rotatable bonds is 4. The van der Waals surface area contributed by atoms with Gasteiger partial charge in [-0.25, -0.2) is 9.97 Å². The van der Waals surface area contributed by atoms with E-state index in [0.29, 0.717) is 0 Å². The van der Waals surface area contributed by atoms with Gasteiger partial charge in [0.25, 0.3) is 0 Å². The van der Waals surface area contributed by atoms with Crippen LogP contribution < -0.4 is 19.8 Å². The molecule has 0 aliphatic carbocycles. The summed E-state index contributed by atoms with van der Waals surface area (Å²) in [5.74, 6) is 2.46. The number of ether oxygens (including phenoxy) is 1. The van der Waals surface area contributed by atoms with Crippen LogP contribution in [0.25, 0.3) is 49.7 Å². The van der Waals surface area contributed by atoms with Crippen LogP contribution in [0.4, 0.5) is 22.9 Å². The lowest BCUT2D eigenvalue weighted by Gasteiger charge is -2.46. The highest BCUT2D eigenvalue weighted by Gasteiger charge is 2.50. The van der Waals surface area contributed by atoms with Gasteiger partial charge in [0.05, 0.1) is 28.3 Å². The lowest BCUT2D eigenvalue weighted by molar-refractivity contribution is 0.289. The average molecular weight is 736 g/mol. The second-order valence-corrected chi connectivity index (χ2v) is 16.7. The van der Waals surface area contributed by atoms with Crippen LogP contribution in [0.5, 0.6) is 11.5 Å². The molecule has 0 bridgehead atoms. The number of fused-ring (bicyclic) bond motifs is 11. The molecule has 0 unspecified atom stereocenters. The molecule has 9 aromatic rings. The molecular weight excluding hydrogens is 697 g/mol. The van der Waals surface area contributed by atoms with Gasteiger partial charge < -0.3 is 14.4 Å². The van der Waals surface area contributed by atoms with Crippen molar-refractivity contribution in [1.29, 1.82) is 0 Å². The zero-order chi connectivity index (χ0) is 38.2. The van der Waals surface area contributed by atoms with Crippen molar-refractivity contribution in [2.45, 2.75) is 38.5 Å². The lowest BCUT2D eigenvalue weighted by atomic mass is 9.60. The molecule has 0 N–H and O–H groups in total. The third-order valence-electron chi connectivity index (χ3n) is 13.3. The molecule has 7 heteroatoms. The minimum Gasteiger partial charge on any atom is -0.457 e. The van der Waals surface area contributed by atoms with E-state index in [0.717, 1.165) is 62.2 Å². The molecule has 272 valence electrons. The van der Waals surface area contributed by atoms with Gasteiger partial charge in [-0.2, -0.15) is 0 Å². The van der Waals surface area contributed by atoms with Gasteiger partial charge in [-0.1, -0.05) is 119 Å². The number of nitrogens with zero attached hydrogens (tertiary/aromatic N) is 5. The van der Waals surface area contributed by atoms with Gasteiger partial charge in [0.15, 0.2) is 0 Å². The van der Waals surface area contributed by atoms with Crippen LogP contribution in [0.3, 0.4) is 0 Å². The Labute approximate surface area is 331 Å². The summed E-state index contributed by atoms with van der Waals surface area (Å²) in [5, 5.41) is 3.46. The molecule has 12 rings (SSSR count).